The van der Waals surface area contributed by atoms with Crippen LogP contribution in [0.5, 0.6) is 57.5 Å². The van der Waals surface area contributed by atoms with Gasteiger partial charge in [0.2, 0.25) is 0 Å². The number of fused-ring (bicyclic) bond motifs is 11. The Morgan fingerprint density at radius 3 is 1.06 bits per heavy atom. The average Bonchev–Trinajstić information content (AvgIpc) is 1.56. The van der Waals surface area contributed by atoms with E-state index in [1.807, 2.05) is 253 Å². The van der Waals surface area contributed by atoms with Crippen molar-refractivity contribution in [1.82, 2.24) is 0 Å². The first-order valence-corrected chi connectivity index (χ1v) is 44.4. The van der Waals surface area contributed by atoms with Gasteiger partial charge >= 0.3 is 0 Å². The van der Waals surface area contributed by atoms with Gasteiger partial charge in [-0.25, -0.2) is 0 Å². The smallest absolute Gasteiger partial charge is 0.197 e. The van der Waals surface area contributed by atoms with Crippen molar-refractivity contribution in [2.45, 2.75) is 181 Å². The Hall–Kier alpha value is -9.54. The largest absolute Gasteiger partial charge is 0.497 e. The fourth-order valence-corrected chi connectivity index (χ4v) is 21.2. The van der Waals surface area contributed by atoms with Gasteiger partial charge in [0.25, 0.3) is 0 Å². The highest BCUT2D eigenvalue weighted by Crippen LogP contribution is 2.69. The Morgan fingerprint density at radius 1 is 0.308 bits per heavy atom. The second kappa shape index (κ2) is 44.3. The Morgan fingerprint density at radius 2 is 0.667 bits per heavy atom. The fourth-order valence-electron chi connectivity index (χ4n) is 21.2. The molecule has 0 aromatic heterocycles. The molecule has 0 N–H and O–H groups in total. The summed E-state index contributed by atoms with van der Waals surface area (Å²) >= 11 is 0. The van der Waals surface area contributed by atoms with Crippen molar-refractivity contribution in [2.24, 2.45) is 76.9 Å². The Bertz CT molecular complexity index is 4360. The van der Waals surface area contributed by atoms with Gasteiger partial charge in [-0.1, -0.05) is 149 Å². The molecule has 10 fully saturated rings. The maximum Gasteiger partial charge on any atom is 0.197 e. The molecule has 15 atom stereocenters. The van der Waals surface area contributed by atoms with Crippen LogP contribution in [0.15, 0.2) is 233 Å². The summed E-state index contributed by atoms with van der Waals surface area (Å²) in [6.07, 6.45) is 31.9. The molecule has 120 heavy (non-hydrogen) atoms. The number of para-hydroxylation sites is 1. The van der Waals surface area contributed by atoms with Crippen LogP contribution in [-0.2, 0) is 23.7 Å². The summed E-state index contributed by atoms with van der Waals surface area (Å²) in [5.41, 5.74) is 5.54. The quantitative estimate of drug-likeness (QED) is 0.0207. The van der Waals surface area contributed by atoms with Crippen molar-refractivity contribution in [2.75, 3.05) is 46.8 Å². The van der Waals surface area contributed by atoms with Gasteiger partial charge in [-0.05, 0) is 363 Å². The van der Waals surface area contributed by atoms with Crippen molar-refractivity contribution >= 4 is 30.4 Å². The molecule has 0 radical (unpaired) electrons. The summed E-state index contributed by atoms with van der Waals surface area (Å²) in [6, 6.07) is 64.0. The van der Waals surface area contributed by atoms with Crippen molar-refractivity contribution in [3.8, 4) is 57.5 Å². The molecule has 0 spiro atoms. The van der Waals surface area contributed by atoms with Crippen LogP contribution in [0, 0.1) is 76.9 Å². The highest BCUT2D eigenvalue weighted by molar-refractivity contribution is 5.51. The standard InChI is InChI=1S/C24H24O4.C24H32O2.C20H26O2.C19H22O4.C19H26O2/c1-3-20-9-11-23(12-10-20)27-19(2)25-17-18-26-21-13-15-24(16-14-21)28-22-7-5-4-6-8-22;1-3-16-4-8-21(9-5-16)26-15(2)25-11-10-17-12-20-14-22(17)24-19-7-6-18(13-19)23(20)24;1-3-15-4-6-19(7-5-15)21-14(2)22-20-11-16-8-17(12-20)10-18(9-16)13-20;1-4-16-5-7-19(8-6-16)23-15(2)21-13-14-22-18-11-9-17(20-3)10-12-18;1-3-15-5-8-19(9-6-15)21-14(2)20-11-10-18-13-16-4-7-17(18)12-16/h3-16,19H,1,17-18H2,2H3;3-5,8-9,15,17-20,22-24H,1,6-7,10-14H2,2H3;3-7,14,16-18H,1,8-13H2,2H3;4-12,15H,1,13-14H2,2-3H3;3,5-6,8-9,14,16-18H,1,4,7,10-13H2,2H3. The maximum atomic E-state index is 6.47. The predicted molar refractivity (Wildman–Crippen MR) is 482 cm³/mol. The number of benzene rings is 8. The molecule has 8 aromatic carbocycles. The van der Waals surface area contributed by atoms with Crippen LogP contribution >= 0.6 is 0 Å². The van der Waals surface area contributed by atoms with Crippen LogP contribution in [0.4, 0.5) is 0 Å². The van der Waals surface area contributed by atoms with Gasteiger partial charge in [-0.15, -0.1) is 0 Å². The molecule has 0 saturated heterocycles. The SMILES string of the molecule is C=Cc1ccc(OC(C)OC23CC4CC(CC(C4)C2)C3)cc1.C=Cc1ccc(OC(C)OCCC2CC3CC2C2C4CCC(C4)C32)cc1.C=Cc1ccc(OC(C)OCCC2CC3CCC2C3)cc1.C=Cc1ccc(OC(C)OCCOc2ccc(OC)cc2)cc1.C=Cc1ccc(OC(C)OCCOc2ccc(Oc3ccccc3)cc2)cc1. The van der Waals surface area contributed by atoms with Gasteiger partial charge in [0.05, 0.1) is 39.1 Å². The first-order valence-electron chi connectivity index (χ1n) is 44.4. The van der Waals surface area contributed by atoms with E-state index in [9.17, 15) is 0 Å². The number of ether oxygens (including phenoxy) is 14. The van der Waals surface area contributed by atoms with E-state index in [1.54, 1.807) is 32.1 Å². The molecule has 10 aliphatic rings. The molecular formula is C106H130O14. The van der Waals surface area contributed by atoms with E-state index < -0.39 is 0 Å². The van der Waals surface area contributed by atoms with E-state index in [1.165, 1.54) is 96.3 Å². The van der Waals surface area contributed by atoms with Crippen LogP contribution in [-0.4, -0.2) is 83.8 Å². The molecule has 0 heterocycles. The molecule has 18 rings (SSSR count). The zero-order chi connectivity index (χ0) is 83.6. The highest BCUT2D eigenvalue weighted by atomic mass is 16.7. The molecule has 10 bridgehead atoms. The van der Waals surface area contributed by atoms with Crippen LogP contribution in [0.25, 0.3) is 30.4 Å². The molecule has 638 valence electrons. The van der Waals surface area contributed by atoms with Gasteiger partial charge in [0, 0.05) is 0 Å². The molecule has 15 unspecified atom stereocenters. The number of hydrogen-bond donors (Lipinski definition) is 0. The highest BCUT2D eigenvalue weighted by Gasteiger charge is 2.62. The van der Waals surface area contributed by atoms with E-state index in [4.69, 9.17) is 66.3 Å². The Balaban J connectivity index is 0.000000130. The molecular weight excluding hydrogens is 1500 g/mol. The van der Waals surface area contributed by atoms with Crippen molar-refractivity contribution in [3.63, 3.8) is 0 Å². The molecule has 0 amide bonds. The number of methoxy groups -OCH3 is 1. The third kappa shape index (κ3) is 25.8. The van der Waals surface area contributed by atoms with Crippen molar-refractivity contribution in [1.29, 1.82) is 0 Å². The minimum Gasteiger partial charge on any atom is -0.497 e. The van der Waals surface area contributed by atoms with Crippen LogP contribution in [0.3, 0.4) is 0 Å². The van der Waals surface area contributed by atoms with Crippen LogP contribution in [0.1, 0.15) is 172 Å². The summed E-state index contributed by atoms with van der Waals surface area (Å²) in [4.78, 5) is 0. The summed E-state index contributed by atoms with van der Waals surface area (Å²) < 4.78 is 80.7. The second-order valence-corrected chi connectivity index (χ2v) is 34.4. The molecule has 14 heteroatoms. The van der Waals surface area contributed by atoms with E-state index in [0.717, 1.165) is 175 Å². The van der Waals surface area contributed by atoms with Crippen LogP contribution in [0.2, 0.25) is 0 Å². The summed E-state index contributed by atoms with van der Waals surface area (Å²) in [7, 11) is 1.63. The zero-order valence-electron chi connectivity index (χ0n) is 71.8. The fraction of sp³-hybridized carbons (Fsp3) is 0.453. The monoisotopic (exact) mass is 1630 g/mol. The van der Waals surface area contributed by atoms with Crippen molar-refractivity contribution in [3.05, 3.63) is 261 Å². The third-order valence-corrected chi connectivity index (χ3v) is 26.2. The van der Waals surface area contributed by atoms with Gasteiger partial charge < -0.3 is 66.3 Å². The Labute approximate surface area is 715 Å². The summed E-state index contributed by atoms with van der Waals surface area (Å²) in [5.74, 6) is 21.1. The lowest BCUT2D eigenvalue weighted by atomic mass is 9.54. The van der Waals surface area contributed by atoms with E-state index in [-0.39, 0.29) is 37.1 Å². The van der Waals surface area contributed by atoms with E-state index in [0.29, 0.717) is 26.4 Å². The third-order valence-electron chi connectivity index (χ3n) is 26.2. The minimum absolute atomic E-state index is 0.106. The maximum absolute atomic E-state index is 6.47. The molecule has 10 aliphatic carbocycles. The van der Waals surface area contributed by atoms with Gasteiger partial charge in [0.1, 0.15) is 70.7 Å². The molecule has 10 saturated carbocycles. The summed E-state index contributed by atoms with van der Waals surface area (Å²) in [6.45, 7) is 31.9. The molecule has 0 aliphatic heterocycles. The summed E-state index contributed by atoms with van der Waals surface area (Å²) in [5, 5.41) is 0. The second-order valence-electron chi connectivity index (χ2n) is 34.4. The van der Waals surface area contributed by atoms with Gasteiger partial charge in [-0.3, -0.25) is 0 Å². The Kier molecular flexibility index (Phi) is 32.6. The van der Waals surface area contributed by atoms with E-state index in [2.05, 4.69) is 32.9 Å². The minimum atomic E-state index is -0.361. The van der Waals surface area contributed by atoms with Gasteiger partial charge in [-0.2, -0.15) is 0 Å². The zero-order valence-corrected chi connectivity index (χ0v) is 71.8. The lowest BCUT2D eigenvalue weighted by Crippen LogP contribution is -2.53. The lowest BCUT2D eigenvalue weighted by Gasteiger charge is -2.56. The average molecular weight is 1630 g/mol. The topological polar surface area (TPSA) is 129 Å². The first-order chi connectivity index (χ1) is 58.5. The van der Waals surface area contributed by atoms with Crippen LogP contribution < -0.4 is 42.6 Å². The van der Waals surface area contributed by atoms with Crippen molar-refractivity contribution < 1.29 is 66.3 Å². The first kappa shape index (κ1) is 88.3. The number of rotatable bonds is 38. The lowest BCUT2D eigenvalue weighted by molar-refractivity contribution is -0.225. The van der Waals surface area contributed by atoms with E-state index >= 15 is 0 Å². The molecule has 8 aromatic rings. The predicted octanol–water partition coefficient (Wildman–Crippen LogP) is 25.8. The molecule has 14 nitrogen and oxygen atoms in total. The normalized spacial score (nSPS) is 25.5. The van der Waals surface area contributed by atoms with Gasteiger partial charge in [0.15, 0.2) is 31.5 Å². The number of hydrogen-bond acceptors (Lipinski definition) is 14.